The van der Waals surface area contributed by atoms with E-state index in [0.717, 1.165) is 57.5 Å². The molecule has 0 aromatic heterocycles. The number of likely N-dealkylation sites (tertiary alicyclic amines) is 1. The summed E-state index contributed by atoms with van der Waals surface area (Å²) in [6.45, 7) is 9.28. The molecule has 1 aromatic rings. The molecule has 0 saturated carbocycles. The summed E-state index contributed by atoms with van der Waals surface area (Å²) >= 11 is 0. The zero-order valence-corrected chi connectivity index (χ0v) is 16.6. The number of hydrogen-bond acceptors (Lipinski definition) is 3. The van der Waals surface area contributed by atoms with Crippen LogP contribution in [0.15, 0.2) is 23.1 Å². The monoisotopic (exact) mass is 380 g/mol. The molecule has 0 radical (unpaired) electrons. The number of quaternary nitrogens is 1. The van der Waals surface area contributed by atoms with Crippen molar-refractivity contribution < 1.29 is 18.1 Å². The maximum Gasteiger partial charge on any atom is 0.254 e. The lowest BCUT2D eigenvalue weighted by atomic mass is 10.1. The van der Waals surface area contributed by atoms with Gasteiger partial charge in [0.15, 0.2) is 0 Å². The Morgan fingerprint density at radius 3 is 2.35 bits per heavy atom. The molecule has 2 fully saturated rings. The Balaban J connectivity index is 1.83. The van der Waals surface area contributed by atoms with Gasteiger partial charge in [-0.2, -0.15) is 4.31 Å². The number of rotatable bonds is 4. The molecule has 6 nitrogen and oxygen atoms in total. The van der Waals surface area contributed by atoms with Crippen molar-refractivity contribution >= 4 is 15.9 Å². The van der Waals surface area contributed by atoms with Crippen molar-refractivity contribution in [2.75, 3.05) is 45.8 Å². The third kappa shape index (κ3) is 3.94. The summed E-state index contributed by atoms with van der Waals surface area (Å²) in [6.07, 6.45) is 3.20. The summed E-state index contributed by atoms with van der Waals surface area (Å²) in [6, 6.07) is 4.98. The Morgan fingerprint density at radius 2 is 1.73 bits per heavy atom. The molecule has 7 heteroatoms. The molecule has 1 aromatic carbocycles. The van der Waals surface area contributed by atoms with Crippen LogP contribution in [-0.2, 0) is 10.0 Å². The van der Waals surface area contributed by atoms with Gasteiger partial charge < -0.3 is 9.80 Å². The minimum atomic E-state index is -3.55. The van der Waals surface area contributed by atoms with Crippen molar-refractivity contribution in [2.24, 2.45) is 0 Å². The highest BCUT2D eigenvalue weighted by Gasteiger charge is 2.31. The molecule has 0 spiro atoms. The number of hydrogen-bond donors (Lipinski definition) is 1. The fraction of sp³-hybridized carbons (Fsp3) is 0.632. The molecule has 0 atom stereocenters. The number of likely N-dealkylation sites (N-methyl/N-ethyl adjacent to an activating group) is 1. The standard InChI is InChI=1S/C19H29N3O3S/c1-3-20-11-13-22(14-12-20)26(24,25)17-8-7-16(2)18(15-17)19(23)21-9-5-4-6-10-21/h7-8,15H,3-6,9-14H2,1-2H3/p+1. The molecule has 26 heavy (non-hydrogen) atoms. The Bertz CT molecular complexity index is 749. The summed E-state index contributed by atoms with van der Waals surface area (Å²) in [5.41, 5.74) is 1.35. The number of nitrogens with one attached hydrogen (secondary N) is 1. The van der Waals surface area contributed by atoms with E-state index in [9.17, 15) is 13.2 Å². The second kappa shape index (κ2) is 8.06. The predicted octanol–water partition coefficient (Wildman–Crippen LogP) is 0.530. The number of carbonyl (C=O) groups is 1. The van der Waals surface area contributed by atoms with Crippen LogP contribution < -0.4 is 4.90 Å². The van der Waals surface area contributed by atoms with E-state index in [1.165, 1.54) is 4.90 Å². The van der Waals surface area contributed by atoms with Crippen molar-refractivity contribution in [1.82, 2.24) is 9.21 Å². The zero-order valence-electron chi connectivity index (χ0n) is 15.8. The van der Waals surface area contributed by atoms with Crippen LogP contribution in [0.2, 0.25) is 0 Å². The maximum atomic E-state index is 13.0. The molecular formula is C19H30N3O3S+. The van der Waals surface area contributed by atoms with Gasteiger partial charge in [-0.05, 0) is 50.8 Å². The van der Waals surface area contributed by atoms with E-state index in [0.29, 0.717) is 18.7 Å². The average Bonchev–Trinajstić information content (AvgIpc) is 2.68. The van der Waals surface area contributed by atoms with Crippen LogP contribution in [-0.4, -0.2) is 69.3 Å². The second-order valence-electron chi connectivity index (χ2n) is 7.34. The molecular weight excluding hydrogens is 350 g/mol. The summed E-state index contributed by atoms with van der Waals surface area (Å²) in [4.78, 5) is 16.4. The van der Waals surface area contributed by atoms with Crippen LogP contribution in [0.25, 0.3) is 0 Å². The number of amides is 1. The Morgan fingerprint density at radius 1 is 1.08 bits per heavy atom. The van der Waals surface area contributed by atoms with Crippen molar-refractivity contribution in [2.45, 2.75) is 38.0 Å². The van der Waals surface area contributed by atoms with Gasteiger partial charge in [0, 0.05) is 18.7 Å². The van der Waals surface area contributed by atoms with Gasteiger partial charge in [-0.25, -0.2) is 8.42 Å². The topological polar surface area (TPSA) is 62.1 Å². The largest absolute Gasteiger partial charge is 0.339 e. The van der Waals surface area contributed by atoms with E-state index in [4.69, 9.17) is 0 Å². The summed E-state index contributed by atoms with van der Waals surface area (Å²) in [5, 5.41) is 0. The van der Waals surface area contributed by atoms with E-state index in [-0.39, 0.29) is 10.8 Å². The van der Waals surface area contributed by atoms with Gasteiger partial charge >= 0.3 is 0 Å². The maximum absolute atomic E-state index is 13.0. The van der Waals surface area contributed by atoms with Crippen molar-refractivity contribution in [3.05, 3.63) is 29.3 Å². The van der Waals surface area contributed by atoms with Crippen LogP contribution in [0.1, 0.15) is 42.1 Å². The molecule has 1 amide bonds. The lowest BCUT2D eigenvalue weighted by Crippen LogP contribution is -3.14. The minimum absolute atomic E-state index is 0.0421. The second-order valence-corrected chi connectivity index (χ2v) is 9.28. The first-order valence-electron chi connectivity index (χ1n) is 9.67. The van der Waals surface area contributed by atoms with Gasteiger partial charge in [0.25, 0.3) is 5.91 Å². The molecule has 2 aliphatic heterocycles. The predicted molar refractivity (Wildman–Crippen MR) is 101 cm³/mol. The lowest BCUT2D eigenvalue weighted by Gasteiger charge is -2.31. The smallest absolute Gasteiger partial charge is 0.254 e. The summed E-state index contributed by atoms with van der Waals surface area (Å²) < 4.78 is 27.6. The normalized spacial score (nSPS) is 20.3. The Kier molecular flexibility index (Phi) is 5.99. The van der Waals surface area contributed by atoms with Gasteiger partial charge in [0.05, 0.1) is 37.6 Å². The fourth-order valence-electron chi connectivity index (χ4n) is 3.80. The number of carbonyl (C=O) groups excluding carboxylic acids is 1. The van der Waals surface area contributed by atoms with Crippen LogP contribution in [0.3, 0.4) is 0 Å². The number of piperazine rings is 1. The van der Waals surface area contributed by atoms with Gasteiger partial charge in [-0.1, -0.05) is 6.07 Å². The average molecular weight is 381 g/mol. The van der Waals surface area contributed by atoms with Crippen LogP contribution in [0.4, 0.5) is 0 Å². The molecule has 1 N–H and O–H groups in total. The fourth-order valence-corrected chi connectivity index (χ4v) is 5.27. The third-order valence-corrected chi connectivity index (χ3v) is 7.54. The van der Waals surface area contributed by atoms with Gasteiger partial charge in [-0.3, -0.25) is 4.79 Å². The van der Waals surface area contributed by atoms with Gasteiger partial charge in [-0.15, -0.1) is 0 Å². The molecule has 0 unspecified atom stereocenters. The molecule has 2 heterocycles. The zero-order chi connectivity index (χ0) is 18.7. The Labute approximate surface area is 156 Å². The minimum Gasteiger partial charge on any atom is -0.339 e. The first kappa shape index (κ1) is 19.3. The quantitative estimate of drug-likeness (QED) is 0.829. The van der Waals surface area contributed by atoms with Crippen molar-refractivity contribution in [3.63, 3.8) is 0 Å². The van der Waals surface area contributed by atoms with E-state index < -0.39 is 10.0 Å². The number of piperidine rings is 1. The van der Waals surface area contributed by atoms with Crippen LogP contribution >= 0.6 is 0 Å². The highest BCUT2D eigenvalue weighted by atomic mass is 32.2. The van der Waals surface area contributed by atoms with Gasteiger partial charge in [0.2, 0.25) is 10.0 Å². The van der Waals surface area contributed by atoms with E-state index in [1.54, 1.807) is 22.5 Å². The Hall–Kier alpha value is -1.44. The number of aryl methyl sites for hydroxylation is 1. The SMILES string of the molecule is CC[NH+]1CCN(S(=O)(=O)c2ccc(C)c(C(=O)N3CCCCC3)c2)CC1. The molecule has 0 aliphatic carbocycles. The first-order chi connectivity index (χ1) is 12.4. The van der Waals surface area contributed by atoms with E-state index in [1.807, 2.05) is 11.8 Å². The first-order valence-corrected chi connectivity index (χ1v) is 11.1. The molecule has 144 valence electrons. The van der Waals surface area contributed by atoms with Crippen LogP contribution in [0, 0.1) is 6.92 Å². The van der Waals surface area contributed by atoms with Crippen LogP contribution in [0.5, 0.6) is 0 Å². The van der Waals surface area contributed by atoms with Crippen molar-refractivity contribution in [1.29, 1.82) is 0 Å². The number of sulfonamides is 1. The lowest BCUT2D eigenvalue weighted by molar-refractivity contribution is -0.901. The molecule has 3 rings (SSSR count). The summed E-state index contributed by atoms with van der Waals surface area (Å²) in [5.74, 6) is -0.0421. The molecule has 2 saturated heterocycles. The molecule has 2 aliphatic rings. The van der Waals surface area contributed by atoms with Crippen molar-refractivity contribution in [3.8, 4) is 0 Å². The van der Waals surface area contributed by atoms with E-state index in [2.05, 4.69) is 6.92 Å². The number of nitrogens with zero attached hydrogens (tertiary/aromatic N) is 2. The third-order valence-electron chi connectivity index (χ3n) is 5.65. The number of benzene rings is 1. The van der Waals surface area contributed by atoms with Gasteiger partial charge in [0.1, 0.15) is 0 Å². The highest BCUT2D eigenvalue weighted by Crippen LogP contribution is 2.22. The molecule has 0 bridgehead atoms. The van der Waals surface area contributed by atoms with E-state index >= 15 is 0 Å². The highest BCUT2D eigenvalue weighted by molar-refractivity contribution is 7.89. The summed E-state index contributed by atoms with van der Waals surface area (Å²) in [7, 11) is -3.55.